The second-order valence-electron chi connectivity index (χ2n) is 5.71. The summed E-state index contributed by atoms with van der Waals surface area (Å²) < 4.78 is 7.38. The van der Waals surface area contributed by atoms with E-state index in [1.807, 2.05) is 22.9 Å². The molecule has 134 valence electrons. The van der Waals surface area contributed by atoms with Gasteiger partial charge in [0.25, 0.3) is 0 Å². The van der Waals surface area contributed by atoms with E-state index in [4.69, 9.17) is 17.0 Å². The molecule has 1 N–H and O–H groups in total. The number of carbonyl (C=O) groups is 1. The van der Waals surface area contributed by atoms with Gasteiger partial charge in [0.1, 0.15) is 5.25 Å². The lowest BCUT2D eigenvalue weighted by Gasteiger charge is -2.30. The summed E-state index contributed by atoms with van der Waals surface area (Å²) in [4.78, 5) is 13.9. The number of nitrogens with zero attached hydrogens (tertiary/aromatic N) is 3. The molecular formula is C16H20N4O2S3. The fourth-order valence-corrected chi connectivity index (χ4v) is 4.77. The Morgan fingerprint density at radius 2 is 2.28 bits per heavy atom. The van der Waals surface area contributed by atoms with Crippen LogP contribution in [0.4, 0.5) is 10.8 Å². The van der Waals surface area contributed by atoms with Crippen molar-refractivity contribution in [1.82, 2.24) is 14.7 Å². The largest absolute Gasteiger partial charge is 0.468 e. The van der Waals surface area contributed by atoms with Gasteiger partial charge in [-0.05, 0) is 30.8 Å². The number of nitrogens with one attached hydrogen (secondary N) is 1. The van der Waals surface area contributed by atoms with Crippen LogP contribution in [0.3, 0.4) is 0 Å². The summed E-state index contributed by atoms with van der Waals surface area (Å²) in [5.41, 5.74) is 2.18. The maximum atomic E-state index is 11.8. The fraction of sp³-hybridized carbons (Fsp3) is 0.438. The highest BCUT2D eigenvalue weighted by Crippen LogP contribution is 2.24. The minimum atomic E-state index is -0.168. The van der Waals surface area contributed by atoms with Crippen molar-refractivity contribution in [2.24, 2.45) is 0 Å². The number of hydrogen-bond acceptors (Lipinski definition) is 8. The van der Waals surface area contributed by atoms with Crippen molar-refractivity contribution in [3.8, 4) is 0 Å². The van der Waals surface area contributed by atoms with Gasteiger partial charge in [-0.3, -0.25) is 9.69 Å². The Hall–Kier alpha value is -1.42. The summed E-state index contributed by atoms with van der Waals surface area (Å²) in [5, 5.41) is 8.55. The molecule has 9 heteroatoms. The van der Waals surface area contributed by atoms with Crippen molar-refractivity contribution in [2.75, 3.05) is 31.3 Å². The van der Waals surface area contributed by atoms with Gasteiger partial charge in [0.15, 0.2) is 3.95 Å². The van der Waals surface area contributed by atoms with Crippen molar-refractivity contribution in [3.63, 3.8) is 0 Å². The second-order valence-corrected chi connectivity index (χ2v) is 8.65. The number of hydrogen-bond donors (Lipinski definition) is 1. The van der Waals surface area contributed by atoms with Crippen molar-refractivity contribution in [1.29, 1.82) is 0 Å². The van der Waals surface area contributed by atoms with Crippen LogP contribution in [0.1, 0.15) is 5.56 Å². The summed E-state index contributed by atoms with van der Waals surface area (Å²) in [7, 11) is 1.43. The molecular weight excluding hydrogens is 376 g/mol. The van der Waals surface area contributed by atoms with Crippen molar-refractivity contribution in [2.45, 2.75) is 18.8 Å². The SMILES string of the molecule is COC(=O)[C@@H]1CN(Cn2nc(Nc3ccccc3C)sc2=S)CCS1. The highest BCUT2D eigenvalue weighted by Gasteiger charge is 2.27. The third-order valence-corrected chi connectivity index (χ3v) is 6.33. The molecule has 1 saturated heterocycles. The number of thioether (sulfide) groups is 1. The fourth-order valence-electron chi connectivity index (χ4n) is 2.57. The molecule has 0 bridgehead atoms. The van der Waals surface area contributed by atoms with E-state index >= 15 is 0 Å². The molecule has 25 heavy (non-hydrogen) atoms. The minimum Gasteiger partial charge on any atom is -0.468 e. The highest BCUT2D eigenvalue weighted by molar-refractivity contribution is 8.00. The number of carbonyl (C=O) groups excluding carboxylic acids is 1. The molecule has 2 heterocycles. The van der Waals surface area contributed by atoms with Crippen LogP contribution in [0.15, 0.2) is 24.3 Å². The molecule has 1 aliphatic heterocycles. The number of rotatable bonds is 5. The van der Waals surface area contributed by atoms with Crippen LogP contribution in [-0.2, 0) is 16.2 Å². The molecule has 1 fully saturated rings. The van der Waals surface area contributed by atoms with Gasteiger partial charge in [-0.25, -0.2) is 4.68 Å². The number of para-hydroxylation sites is 1. The lowest BCUT2D eigenvalue weighted by Crippen LogP contribution is -2.42. The molecule has 1 aromatic heterocycles. The number of methoxy groups -OCH3 is 1. The van der Waals surface area contributed by atoms with Crippen LogP contribution in [0, 0.1) is 10.9 Å². The first-order chi connectivity index (χ1) is 12.1. The number of anilines is 2. The predicted octanol–water partition coefficient (Wildman–Crippen LogP) is 3.27. The zero-order valence-electron chi connectivity index (χ0n) is 14.1. The summed E-state index contributed by atoms with van der Waals surface area (Å²) in [5.74, 6) is 0.726. The zero-order chi connectivity index (χ0) is 17.8. The topological polar surface area (TPSA) is 59.4 Å². The number of aryl methyl sites for hydroxylation is 1. The Morgan fingerprint density at radius 3 is 3.04 bits per heavy atom. The van der Waals surface area contributed by atoms with E-state index in [0.29, 0.717) is 17.2 Å². The first kappa shape index (κ1) is 18.4. The van der Waals surface area contributed by atoms with Crippen LogP contribution >= 0.6 is 35.3 Å². The van der Waals surface area contributed by atoms with E-state index in [1.54, 1.807) is 11.8 Å². The molecule has 0 aliphatic carbocycles. The molecule has 0 amide bonds. The average molecular weight is 397 g/mol. The van der Waals surface area contributed by atoms with Crippen molar-refractivity contribution < 1.29 is 9.53 Å². The summed E-state index contributed by atoms with van der Waals surface area (Å²) in [6, 6.07) is 8.07. The number of aromatic nitrogens is 2. The van der Waals surface area contributed by atoms with E-state index in [2.05, 4.69) is 28.3 Å². The molecule has 1 aliphatic rings. The minimum absolute atomic E-state index is 0.142. The lowest BCUT2D eigenvalue weighted by atomic mass is 10.2. The van der Waals surface area contributed by atoms with Gasteiger partial charge in [-0.2, -0.15) is 0 Å². The molecule has 0 spiro atoms. The average Bonchev–Trinajstić information content (AvgIpc) is 2.95. The Balaban J connectivity index is 1.67. The maximum absolute atomic E-state index is 11.8. The molecule has 3 rings (SSSR count). The predicted molar refractivity (Wildman–Crippen MR) is 105 cm³/mol. The molecule has 0 radical (unpaired) electrons. The normalized spacial score (nSPS) is 18.1. The lowest BCUT2D eigenvalue weighted by molar-refractivity contribution is -0.140. The van der Waals surface area contributed by atoms with Crippen LogP contribution in [0.2, 0.25) is 0 Å². The van der Waals surface area contributed by atoms with Gasteiger partial charge < -0.3 is 10.1 Å². The first-order valence-electron chi connectivity index (χ1n) is 7.89. The van der Waals surface area contributed by atoms with Crippen LogP contribution in [0.5, 0.6) is 0 Å². The third-order valence-electron chi connectivity index (χ3n) is 3.94. The van der Waals surface area contributed by atoms with E-state index in [-0.39, 0.29) is 11.2 Å². The maximum Gasteiger partial charge on any atom is 0.320 e. The highest BCUT2D eigenvalue weighted by atomic mass is 32.2. The molecule has 2 aromatic rings. The standard InChI is InChI=1S/C16H20N4O2S3/c1-11-5-3-4-6-12(11)17-15-18-20(16(23)25-15)10-19-7-8-24-13(9-19)14(21)22-2/h3-6,13H,7-10H2,1-2H3,(H,17,18)/t13-/m0/s1. The van der Waals surface area contributed by atoms with Gasteiger partial charge in [0.05, 0.1) is 13.8 Å². The van der Waals surface area contributed by atoms with E-state index in [0.717, 1.165) is 28.7 Å². The Morgan fingerprint density at radius 1 is 1.48 bits per heavy atom. The Labute approximate surface area is 160 Å². The quantitative estimate of drug-likeness (QED) is 0.615. The van der Waals surface area contributed by atoms with Gasteiger partial charge in [0, 0.05) is 24.5 Å². The van der Waals surface area contributed by atoms with Crippen molar-refractivity contribution >= 4 is 52.1 Å². The zero-order valence-corrected chi connectivity index (χ0v) is 16.5. The van der Waals surface area contributed by atoms with Crippen LogP contribution in [0.25, 0.3) is 0 Å². The van der Waals surface area contributed by atoms with Gasteiger partial charge in [0.2, 0.25) is 5.13 Å². The van der Waals surface area contributed by atoms with Gasteiger partial charge >= 0.3 is 5.97 Å². The van der Waals surface area contributed by atoms with E-state index < -0.39 is 0 Å². The van der Waals surface area contributed by atoms with Gasteiger partial charge in [-0.1, -0.05) is 29.5 Å². The van der Waals surface area contributed by atoms with Crippen molar-refractivity contribution in [3.05, 3.63) is 33.8 Å². The third kappa shape index (κ3) is 4.60. The van der Waals surface area contributed by atoms with E-state index in [1.165, 1.54) is 18.4 Å². The number of benzene rings is 1. The Kier molecular flexibility index (Phi) is 6.10. The number of esters is 1. The summed E-state index contributed by atoms with van der Waals surface area (Å²) >= 11 is 8.54. The summed E-state index contributed by atoms with van der Waals surface area (Å²) in [6.07, 6.45) is 0. The molecule has 6 nitrogen and oxygen atoms in total. The molecule has 0 saturated carbocycles. The molecule has 0 unspecified atom stereocenters. The van der Waals surface area contributed by atoms with Crippen LogP contribution in [-0.4, -0.2) is 51.9 Å². The first-order valence-corrected chi connectivity index (χ1v) is 10.2. The molecule has 1 aromatic carbocycles. The number of ether oxygens (including phenoxy) is 1. The second kappa shape index (κ2) is 8.31. The Bertz CT molecular complexity index is 805. The smallest absolute Gasteiger partial charge is 0.320 e. The van der Waals surface area contributed by atoms with Crippen LogP contribution < -0.4 is 5.32 Å². The van der Waals surface area contributed by atoms with E-state index in [9.17, 15) is 4.79 Å². The monoisotopic (exact) mass is 396 g/mol. The van der Waals surface area contributed by atoms with Gasteiger partial charge in [-0.15, -0.1) is 16.9 Å². The molecule has 1 atom stereocenters. The summed E-state index contributed by atoms with van der Waals surface area (Å²) in [6.45, 7) is 4.19.